The molecule has 2 aromatic heterocycles. The lowest BCUT2D eigenvalue weighted by atomic mass is 10.1. The number of aromatic nitrogens is 2. The van der Waals surface area contributed by atoms with Gasteiger partial charge in [0.2, 0.25) is 11.8 Å². The number of rotatable bonds is 8. The minimum atomic E-state index is -4.66. The van der Waals surface area contributed by atoms with Crippen molar-refractivity contribution in [2.24, 2.45) is 5.73 Å². The van der Waals surface area contributed by atoms with Crippen LogP contribution < -0.4 is 21.1 Å². The van der Waals surface area contributed by atoms with Crippen LogP contribution in [-0.4, -0.2) is 53.7 Å². The summed E-state index contributed by atoms with van der Waals surface area (Å²) in [6.45, 7) is 0.951. The van der Waals surface area contributed by atoms with Gasteiger partial charge in [0.1, 0.15) is 17.0 Å². The first kappa shape index (κ1) is 24.9. The lowest BCUT2D eigenvalue weighted by molar-refractivity contribution is -0.141. The van der Waals surface area contributed by atoms with Gasteiger partial charge in [-0.2, -0.15) is 13.2 Å². The Hall–Kier alpha value is -3.71. The molecule has 0 fully saturated rings. The van der Waals surface area contributed by atoms with Gasteiger partial charge < -0.3 is 30.6 Å². The van der Waals surface area contributed by atoms with Gasteiger partial charge in [0.25, 0.3) is 5.91 Å². The number of nitrogens with zero attached hydrogens (tertiary/aromatic N) is 2. The Balaban J connectivity index is 2.02. The van der Waals surface area contributed by atoms with Gasteiger partial charge in [-0.25, -0.2) is 9.97 Å². The smallest absolute Gasteiger partial charge is 0.433 e. The van der Waals surface area contributed by atoms with E-state index >= 15 is 0 Å². The van der Waals surface area contributed by atoms with Crippen LogP contribution in [0.2, 0.25) is 0 Å². The summed E-state index contributed by atoms with van der Waals surface area (Å²) in [6, 6.07) is 4.19. The summed E-state index contributed by atoms with van der Waals surface area (Å²) in [5, 5.41) is 13.7. The van der Waals surface area contributed by atoms with Crippen LogP contribution in [0.15, 0.2) is 28.7 Å². The van der Waals surface area contributed by atoms with Gasteiger partial charge in [-0.15, -0.1) is 0 Å². The predicted molar refractivity (Wildman–Crippen MR) is 114 cm³/mol. The van der Waals surface area contributed by atoms with Crippen LogP contribution in [-0.2, 0) is 11.0 Å². The molecule has 182 valence electrons. The van der Waals surface area contributed by atoms with Crippen molar-refractivity contribution in [3.8, 4) is 17.2 Å². The number of carbonyl (C=O) groups excluding carboxylic acids is 2. The van der Waals surface area contributed by atoms with Crippen molar-refractivity contribution >= 4 is 22.7 Å². The number of hydrogen-bond donors (Lipinski definition) is 4. The second kappa shape index (κ2) is 10.1. The predicted octanol–water partition coefficient (Wildman–Crippen LogP) is 1.78. The zero-order valence-corrected chi connectivity index (χ0v) is 18.2. The zero-order chi connectivity index (χ0) is 25.0. The van der Waals surface area contributed by atoms with Gasteiger partial charge in [-0.1, -0.05) is 0 Å². The Bertz CT molecular complexity index is 1210. The van der Waals surface area contributed by atoms with E-state index in [0.717, 1.165) is 6.07 Å². The molecule has 0 unspecified atom stereocenters. The van der Waals surface area contributed by atoms with Crippen molar-refractivity contribution in [2.75, 3.05) is 26.8 Å². The van der Waals surface area contributed by atoms with Crippen LogP contribution >= 0.6 is 0 Å². The lowest BCUT2D eigenvalue weighted by Crippen LogP contribution is -2.38. The highest BCUT2D eigenvalue weighted by Crippen LogP contribution is 2.37. The number of fused-ring (bicyclic) bond motifs is 1. The molecule has 0 aliphatic heterocycles. The van der Waals surface area contributed by atoms with E-state index in [1.165, 1.54) is 25.3 Å². The molecule has 0 radical (unpaired) electrons. The Labute approximate surface area is 191 Å². The van der Waals surface area contributed by atoms with Crippen LogP contribution in [0.5, 0.6) is 5.75 Å². The highest BCUT2D eigenvalue weighted by atomic mass is 19.4. The lowest BCUT2D eigenvalue weighted by Gasteiger charge is -2.11. The van der Waals surface area contributed by atoms with E-state index in [1.807, 2.05) is 0 Å². The van der Waals surface area contributed by atoms with Gasteiger partial charge in [0.05, 0.1) is 26.3 Å². The van der Waals surface area contributed by atoms with E-state index in [2.05, 4.69) is 20.6 Å². The quantitative estimate of drug-likeness (QED) is 0.380. The number of nitrogens with one attached hydrogen (secondary N) is 2. The molecule has 0 bridgehead atoms. The minimum Gasteiger partial charge on any atom is -0.494 e. The number of nitrogens with two attached hydrogens (primary N) is 1. The molecule has 0 spiro atoms. The minimum absolute atomic E-state index is 0.0205. The summed E-state index contributed by atoms with van der Waals surface area (Å²) in [7, 11) is 1.30. The number of methoxy groups -OCH3 is 1. The molecule has 0 saturated heterocycles. The fourth-order valence-corrected chi connectivity index (χ4v) is 3.12. The molecular weight excluding hydrogens is 459 g/mol. The van der Waals surface area contributed by atoms with Crippen LogP contribution in [0, 0.1) is 0 Å². The first-order chi connectivity index (χ1) is 16.1. The van der Waals surface area contributed by atoms with Gasteiger partial charge >= 0.3 is 6.18 Å². The number of amides is 2. The largest absolute Gasteiger partial charge is 0.494 e. The summed E-state index contributed by atoms with van der Waals surface area (Å²) < 4.78 is 50.4. The van der Waals surface area contributed by atoms with E-state index in [9.17, 15) is 22.8 Å². The Morgan fingerprint density at radius 2 is 1.94 bits per heavy atom. The van der Waals surface area contributed by atoms with Gasteiger partial charge in [-0.05, 0) is 31.2 Å². The van der Waals surface area contributed by atoms with Crippen molar-refractivity contribution < 1.29 is 37.0 Å². The molecule has 2 heterocycles. The van der Waals surface area contributed by atoms with Gasteiger partial charge in [0, 0.05) is 17.5 Å². The zero-order valence-electron chi connectivity index (χ0n) is 18.2. The number of pyridine rings is 1. The van der Waals surface area contributed by atoms with Crippen LogP contribution in [0.4, 0.5) is 13.2 Å². The van der Waals surface area contributed by atoms with E-state index in [0.29, 0.717) is 0 Å². The molecule has 3 rings (SSSR count). The third-order valence-corrected chi connectivity index (χ3v) is 4.69. The number of carbonyl (C=O) groups is 2. The normalized spacial score (nSPS) is 12.4. The Morgan fingerprint density at radius 1 is 1.21 bits per heavy atom. The average molecular weight is 481 g/mol. The molecule has 5 N–H and O–H groups in total. The molecular formula is C21H22F3N5O5. The highest BCUT2D eigenvalue weighted by Gasteiger charge is 2.33. The van der Waals surface area contributed by atoms with Crippen molar-refractivity contribution in [3.63, 3.8) is 0 Å². The maximum absolute atomic E-state index is 13.2. The molecule has 1 aromatic carbocycles. The number of halogens is 3. The van der Waals surface area contributed by atoms with Gasteiger partial charge in [0.15, 0.2) is 11.5 Å². The number of alkyl halides is 3. The number of aliphatic hydroxyl groups excluding tert-OH is 1. The van der Waals surface area contributed by atoms with E-state index in [4.69, 9.17) is 20.0 Å². The third kappa shape index (κ3) is 5.26. The first-order valence-corrected chi connectivity index (χ1v) is 10.0. The van der Waals surface area contributed by atoms with Crippen LogP contribution in [0.3, 0.4) is 0 Å². The summed E-state index contributed by atoms with van der Waals surface area (Å²) in [5.41, 5.74) is 4.83. The standard InChI is InChI=1S/C21H22F3N5O5/c1-10(25)18-17(19(32)27-9-15(31)26-7-8-30)29-20(34-18)12-3-5-13(33-2)16-11(12)4-6-14(28-16)21(22,23)24/h3-6,10,30H,7-9,25H2,1-2H3,(H,26,31)(H,27,32)/t10-/m0/s1. The molecule has 1 atom stereocenters. The monoisotopic (exact) mass is 481 g/mol. The van der Waals surface area contributed by atoms with Crippen molar-refractivity contribution in [2.45, 2.75) is 19.1 Å². The van der Waals surface area contributed by atoms with Crippen molar-refractivity contribution in [1.29, 1.82) is 0 Å². The summed E-state index contributed by atoms with van der Waals surface area (Å²) in [6.07, 6.45) is -4.66. The second-order valence-electron chi connectivity index (χ2n) is 7.18. The summed E-state index contributed by atoms with van der Waals surface area (Å²) in [5.74, 6) is -1.21. The first-order valence-electron chi connectivity index (χ1n) is 10.0. The molecule has 13 heteroatoms. The maximum atomic E-state index is 13.2. The van der Waals surface area contributed by atoms with Gasteiger partial charge in [-0.3, -0.25) is 9.59 Å². The molecule has 3 aromatic rings. The SMILES string of the molecule is COc1ccc(-c2nc(C(=O)NCC(=O)NCCO)c([C@H](C)N)o2)c2ccc(C(F)(F)F)nc12. The summed E-state index contributed by atoms with van der Waals surface area (Å²) >= 11 is 0. The molecule has 34 heavy (non-hydrogen) atoms. The van der Waals surface area contributed by atoms with Crippen LogP contribution in [0.1, 0.15) is 34.9 Å². The van der Waals surface area contributed by atoms with Crippen molar-refractivity contribution in [1.82, 2.24) is 20.6 Å². The number of benzene rings is 1. The third-order valence-electron chi connectivity index (χ3n) is 4.69. The number of ether oxygens (including phenoxy) is 1. The molecule has 0 saturated carbocycles. The highest BCUT2D eigenvalue weighted by molar-refractivity contribution is 5.99. The fourth-order valence-electron chi connectivity index (χ4n) is 3.12. The molecule has 0 aliphatic carbocycles. The Morgan fingerprint density at radius 3 is 2.56 bits per heavy atom. The maximum Gasteiger partial charge on any atom is 0.433 e. The molecule has 0 aliphatic rings. The number of oxazole rings is 1. The second-order valence-corrected chi connectivity index (χ2v) is 7.18. The van der Waals surface area contributed by atoms with E-state index in [-0.39, 0.29) is 59.3 Å². The summed E-state index contributed by atoms with van der Waals surface area (Å²) in [4.78, 5) is 32.2. The Kier molecular flexibility index (Phi) is 7.37. The van der Waals surface area contributed by atoms with Crippen molar-refractivity contribution in [3.05, 3.63) is 41.4 Å². The van der Waals surface area contributed by atoms with E-state index < -0.39 is 29.7 Å². The topological polar surface area (TPSA) is 153 Å². The van der Waals surface area contributed by atoms with E-state index in [1.54, 1.807) is 6.92 Å². The number of hydrogen-bond acceptors (Lipinski definition) is 8. The number of aliphatic hydroxyl groups is 1. The van der Waals surface area contributed by atoms with Crippen LogP contribution in [0.25, 0.3) is 22.4 Å². The molecule has 2 amide bonds. The molecule has 10 nitrogen and oxygen atoms in total. The fraction of sp³-hybridized carbons (Fsp3) is 0.333. The average Bonchev–Trinajstić information content (AvgIpc) is 3.25.